The first-order valence-electron chi connectivity index (χ1n) is 6.46. The number of aromatic nitrogens is 1. The van der Waals surface area contributed by atoms with Gasteiger partial charge in [-0.05, 0) is 46.0 Å². The van der Waals surface area contributed by atoms with Gasteiger partial charge in [0.25, 0.3) is 0 Å². The summed E-state index contributed by atoms with van der Waals surface area (Å²) >= 11 is 0. The van der Waals surface area contributed by atoms with Crippen molar-refractivity contribution in [2.24, 2.45) is 0 Å². The lowest BCUT2D eigenvalue weighted by atomic mass is 10.0. The van der Waals surface area contributed by atoms with Gasteiger partial charge in [-0.1, -0.05) is 0 Å². The maximum absolute atomic E-state index is 11.4. The highest BCUT2D eigenvalue weighted by atomic mass is 16.1. The molecule has 2 rings (SSSR count). The number of carbonyl (C=O) groups excluding carboxylic acids is 1. The average molecular weight is 247 g/mol. The molecule has 98 valence electrons. The van der Waals surface area contributed by atoms with Crippen LogP contribution in [-0.2, 0) is 0 Å². The number of likely N-dealkylation sites (N-methyl/N-ethyl adjacent to an activating group) is 1. The first kappa shape index (κ1) is 13.0. The van der Waals surface area contributed by atoms with Gasteiger partial charge in [0.05, 0.1) is 0 Å². The summed E-state index contributed by atoms with van der Waals surface area (Å²) in [5.41, 5.74) is 0.743. The number of nitrogens with zero attached hydrogens (tertiary/aromatic N) is 3. The summed E-state index contributed by atoms with van der Waals surface area (Å²) in [5.74, 6) is 1.02. The van der Waals surface area contributed by atoms with Crippen LogP contribution in [0.4, 0.5) is 5.82 Å². The van der Waals surface area contributed by atoms with E-state index in [4.69, 9.17) is 0 Å². The highest BCUT2D eigenvalue weighted by molar-refractivity contribution is 5.94. The van der Waals surface area contributed by atoms with Crippen LogP contribution in [0.3, 0.4) is 0 Å². The number of ketones is 1. The van der Waals surface area contributed by atoms with E-state index in [-0.39, 0.29) is 5.78 Å². The van der Waals surface area contributed by atoms with Gasteiger partial charge in [0.2, 0.25) is 0 Å². The zero-order chi connectivity index (χ0) is 13.1. The summed E-state index contributed by atoms with van der Waals surface area (Å²) in [5, 5.41) is 0. The summed E-state index contributed by atoms with van der Waals surface area (Å²) in [7, 11) is 4.24. The van der Waals surface area contributed by atoms with Crippen molar-refractivity contribution in [2.45, 2.75) is 25.8 Å². The van der Waals surface area contributed by atoms with Crippen LogP contribution in [-0.4, -0.2) is 48.9 Å². The van der Waals surface area contributed by atoms with Crippen molar-refractivity contribution in [3.63, 3.8) is 0 Å². The van der Waals surface area contributed by atoms with E-state index in [2.05, 4.69) is 28.9 Å². The topological polar surface area (TPSA) is 36.4 Å². The Kier molecular flexibility index (Phi) is 3.97. The van der Waals surface area contributed by atoms with E-state index in [1.165, 1.54) is 12.8 Å². The van der Waals surface area contributed by atoms with Crippen molar-refractivity contribution in [1.82, 2.24) is 9.88 Å². The molecule has 1 aromatic rings. The number of carbonyl (C=O) groups is 1. The molecule has 0 saturated carbocycles. The second-order valence-corrected chi connectivity index (χ2v) is 5.16. The fourth-order valence-corrected chi connectivity index (χ4v) is 2.39. The zero-order valence-corrected chi connectivity index (χ0v) is 11.4. The van der Waals surface area contributed by atoms with Crippen molar-refractivity contribution < 1.29 is 4.79 Å². The number of hydrogen-bond donors (Lipinski definition) is 0. The van der Waals surface area contributed by atoms with Gasteiger partial charge in [-0.2, -0.15) is 0 Å². The molecule has 1 aliphatic rings. The van der Waals surface area contributed by atoms with Crippen LogP contribution in [0.25, 0.3) is 0 Å². The Morgan fingerprint density at radius 3 is 2.94 bits per heavy atom. The van der Waals surface area contributed by atoms with Crippen molar-refractivity contribution in [1.29, 1.82) is 0 Å². The lowest BCUT2D eigenvalue weighted by Crippen LogP contribution is -2.45. The first-order chi connectivity index (χ1) is 8.58. The van der Waals surface area contributed by atoms with Gasteiger partial charge >= 0.3 is 0 Å². The largest absolute Gasteiger partial charge is 0.355 e. The molecular formula is C14H21N3O. The zero-order valence-electron chi connectivity index (χ0n) is 11.4. The van der Waals surface area contributed by atoms with Crippen LogP contribution in [0.1, 0.15) is 30.1 Å². The quantitative estimate of drug-likeness (QED) is 0.763. The third kappa shape index (κ3) is 2.88. The summed E-state index contributed by atoms with van der Waals surface area (Å²) in [6, 6.07) is 4.25. The van der Waals surface area contributed by atoms with E-state index < -0.39 is 0 Å². The molecule has 1 unspecified atom stereocenters. The van der Waals surface area contributed by atoms with E-state index >= 15 is 0 Å². The average Bonchev–Trinajstić information content (AvgIpc) is 2.39. The smallest absolute Gasteiger partial charge is 0.159 e. The molecule has 1 aliphatic heterocycles. The predicted octanol–water partition coefficient (Wildman–Crippen LogP) is 1.81. The van der Waals surface area contributed by atoms with Crippen molar-refractivity contribution in [2.75, 3.05) is 32.1 Å². The van der Waals surface area contributed by atoms with Gasteiger partial charge in [0.1, 0.15) is 5.82 Å². The molecule has 0 N–H and O–H groups in total. The van der Waals surface area contributed by atoms with Crippen LogP contribution < -0.4 is 4.90 Å². The number of anilines is 1. The maximum Gasteiger partial charge on any atom is 0.159 e. The van der Waals surface area contributed by atoms with Gasteiger partial charge in [-0.3, -0.25) is 4.79 Å². The van der Waals surface area contributed by atoms with Crippen molar-refractivity contribution >= 4 is 11.6 Å². The van der Waals surface area contributed by atoms with E-state index in [1.54, 1.807) is 19.2 Å². The van der Waals surface area contributed by atoms with Crippen LogP contribution in [0.5, 0.6) is 0 Å². The van der Waals surface area contributed by atoms with Crippen LogP contribution in [0.15, 0.2) is 18.3 Å². The van der Waals surface area contributed by atoms with E-state index in [0.717, 1.165) is 24.5 Å². The Morgan fingerprint density at radius 2 is 2.28 bits per heavy atom. The summed E-state index contributed by atoms with van der Waals surface area (Å²) in [6.45, 7) is 3.61. The number of Topliss-reactive ketones (excluding diaryl/α,β-unsaturated/α-hetero) is 1. The number of rotatable bonds is 3. The molecule has 0 aliphatic carbocycles. The summed E-state index contributed by atoms with van der Waals surface area (Å²) in [4.78, 5) is 20.3. The second kappa shape index (κ2) is 5.48. The van der Waals surface area contributed by atoms with Crippen LogP contribution in [0, 0.1) is 0 Å². The Bertz CT molecular complexity index is 431. The molecule has 0 bridgehead atoms. The molecule has 0 spiro atoms. The first-order valence-corrected chi connectivity index (χ1v) is 6.46. The Labute approximate surface area is 109 Å². The molecule has 1 fully saturated rings. The van der Waals surface area contributed by atoms with E-state index in [9.17, 15) is 4.79 Å². The van der Waals surface area contributed by atoms with Crippen molar-refractivity contribution in [3.05, 3.63) is 23.9 Å². The highest BCUT2D eigenvalue weighted by Crippen LogP contribution is 2.20. The Morgan fingerprint density at radius 1 is 1.50 bits per heavy atom. The normalized spacial score (nSPS) is 20.2. The van der Waals surface area contributed by atoms with E-state index in [0.29, 0.717) is 6.04 Å². The third-order valence-corrected chi connectivity index (χ3v) is 3.60. The molecule has 4 heteroatoms. The second-order valence-electron chi connectivity index (χ2n) is 5.16. The van der Waals surface area contributed by atoms with Crippen molar-refractivity contribution in [3.8, 4) is 0 Å². The minimum Gasteiger partial charge on any atom is -0.355 e. The van der Waals surface area contributed by atoms with Gasteiger partial charge in [-0.25, -0.2) is 4.98 Å². The standard InChI is InChI=1S/C14H21N3O/c1-11(18)12-6-7-15-14(9-12)17-8-4-5-13(10-17)16(2)3/h6-7,9,13H,4-5,8,10H2,1-3H3. The molecule has 0 aromatic carbocycles. The molecule has 2 heterocycles. The molecule has 18 heavy (non-hydrogen) atoms. The molecule has 4 nitrogen and oxygen atoms in total. The van der Waals surface area contributed by atoms with Gasteiger partial charge in [0, 0.05) is 30.9 Å². The number of hydrogen-bond acceptors (Lipinski definition) is 4. The van der Waals surface area contributed by atoms with Gasteiger partial charge < -0.3 is 9.80 Å². The summed E-state index contributed by atoms with van der Waals surface area (Å²) in [6.07, 6.45) is 4.13. The maximum atomic E-state index is 11.4. The number of pyridine rings is 1. The lowest BCUT2D eigenvalue weighted by Gasteiger charge is -2.36. The fraction of sp³-hybridized carbons (Fsp3) is 0.571. The minimum atomic E-state index is 0.0971. The fourth-order valence-electron chi connectivity index (χ4n) is 2.39. The van der Waals surface area contributed by atoms with E-state index in [1.807, 2.05) is 6.07 Å². The Hall–Kier alpha value is -1.42. The molecule has 1 atom stereocenters. The molecule has 0 amide bonds. The molecular weight excluding hydrogens is 226 g/mol. The lowest BCUT2D eigenvalue weighted by molar-refractivity contribution is 0.101. The molecule has 1 aromatic heterocycles. The van der Waals surface area contributed by atoms with Gasteiger partial charge in [0.15, 0.2) is 5.78 Å². The predicted molar refractivity (Wildman–Crippen MR) is 73.2 cm³/mol. The molecule has 0 radical (unpaired) electrons. The highest BCUT2D eigenvalue weighted by Gasteiger charge is 2.22. The Balaban J connectivity index is 2.15. The number of piperidine rings is 1. The summed E-state index contributed by atoms with van der Waals surface area (Å²) < 4.78 is 0. The monoisotopic (exact) mass is 247 g/mol. The minimum absolute atomic E-state index is 0.0971. The van der Waals surface area contributed by atoms with Gasteiger partial charge in [-0.15, -0.1) is 0 Å². The molecule has 1 saturated heterocycles. The SMILES string of the molecule is CC(=O)c1ccnc(N2CCCC(N(C)C)C2)c1. The van der Waals surface area contributed by atoms with Crippen LogP contribution >= 0.6 is 0 Å². The third-order valence-electron chi connectivity index (χ3n) is 3.60. The van der Waals surface area contributed by atoms with Crippen LogP contribution in [0.2, 0.25) is 0 Å².